The topological polar surface area (TPSA) is 97.7 Å². The van der Waals surface area contributed by atoms with E-state index in [-0.39, 0.29) is 18.8 Å². The Hall–Kier alpha value is -3.05. The van der Waals surface area contributed by atoms with Crippen molar-refractivity contribution in [3.63, 3.8) is 0 Å². The number of thiophene rings is 1. The molecule has 7 nitrogen and oxygen atoms in total. The third kappa shape index (κ3) is 5.21. The average molecular weight is 388 g/mol. The molecule has 0 aliphatic heterocycles. The Balaban J connectivity index is 2.01. The van der Waals surface area contributed by atoms with E-state index >= 15 is 0 Å². The molecule has 0 atom stereocenters. The number of benzene rings is 1. The largest absolute Gasteiger partial charge is 0.494 e. The predicted molar refractivity (Wildman–Crippen MR) is 101 cm³/mol. The van der Waals surface area contributed by atoms with Gasteiger partial charge in [-0.1, -0.05) is 0 Å². The molecule has 1 aromatic heterocycles. The summed E-state index contributed by atoms with van der Waals surface area (Å²) >= 11 is 1.02. The highest BCUT2D eigenvalue weighted by Crippen LogP contribution is 2.33. The molecule has 142 valence electrons. The van der Waals surface area contributed by atoms with Gasteiger partial charge in [-0.2, -0.15) is 5.26 Å². The van der Waals surface area contributed by atoms with Crippen molar-refractivity contribution in [2.75, 3.05) is 25.1 Å². The molecule has 0 bridgehead atoms. The summed E-state index contributed by atoms with van der Waals surface area (Å²) in [4.78, 5) is 24.4. The SMILES string of the molecule is CCOC(=O)c1sc(NC(=O)COc2ccc(OCC)cc2)c(C#N)c1C. The Bertz CT molecular complexity index is 852. The molecule has 2 aromatic rings. The van der Waals surface area contributed by atoms with Gasteiger partial charge in [0.15, 0.2) is 6.61 Å². The fraction of sp³-hybridized carbons (Fsp3) is 0.316. The Morgan fingerprint density at radius 1 is 1.11 bits per heavy atom. The third-order valence-electron chi connectivity index (χ3n) is 3.48. The zero-order valence-corrected chi connectivity index (χ0v) is 16.1. The lowest BCUT2D eigenvalue weighted by Gasteiger charge is -2.08. The number of anilines is 1. The molecule has 0 radical (unpaired) electrons. The van der Waals surface area contributed by atoms with E-state index in [1.807, 2.05) is 13.0 Å². The molecule has 0 saturated heterocycles. The molecule has 27 heavy (non-hydrogen) atoms. The molecule has 2 rings (SSSR count). The fourth-order valence-corrected chi connectivity index (χ4v) is 3.31. The second-order valence-electron chi connectivity index (χ2n) is 5.33. The smallest absolute Gasteiger partial charge is 0.348 e. The van der Waals surface area contributed by atoms with Gasteiger partial charge in [0.25, 0.3) is 5.91 Å². The van der Waals surface area contributed by atoms with Crippen LogP contribution in [0.15, 0.2) is 24.3 Å². The minimum atomic E-state index is -0.511. The molecule has 0 aliphatic carbocycles. The number of rotatable bonds is 8. The highest BCUT2D eigenvalue weighted by molar-refractivity contribution is 7.18. The first kappa shape index (κ1) is 20.3. The number of nitriles is 1. The van der Waals surface area contributed by atoms with Gasteiger partial charge in [-0.05, 0) is 50.6 Å². The van der Waals surface area contributed by atoms with Gasteiger partial charge in [0.1, 0.15) is 27.4 Å². The summed E-state index contributed by atoms with van der Waals surface area (Å²) < 4.78 is 15.7. The van der Waals surface area contributed by atoms with Gasteiger partial charge in [0.05, 0.1) is 18.8 Å². The quantitative estimate of drug-likeness (QED) is 0.695. The fourth-order valence-electron chi connectivity index (χ4n) is 2.24. The first-order chi connectivity index (χ1) is 13.0. The number of amides is 1. The van der Waals surface area contributed by atoms with Crippen LogP contribution in [-0.2, 0) is 9.53 Å². The van der Waals surface area contributed by atoms with Gasteiger partial charge in [0, 0.05) is 0 Å². The molecular formula is C19H20N2O5S. The second-order valence-corrected chi connectivity index (χ2v) is 6.35. The molecule has 1 heterocycles. The summed E-state index contributed by atoms with van der Waals surface area (Å²) in [5.41, 5.74) is 0.737. The zero-order valence-electron chi connectivity index (χ0n) is 15.3. The van der Waals surface area contributed by atoms with E-state index in [2.05, 4.69) is 5.32 Å². The van der Waals surface area contributed by atoms with Crippen molar-refractivity contribution in [3.05, 3.63) is 40.3 Å². The van der Waals surface area contributed by atoms with Crippen LogP contribution in [0.4, 0.5) is 5.00 Å². The highest BCUT2D eigenvalue weighted by atomic mass is 32.1. The average Bonchev–Trinajstić information content (AvgIpc) is 2.97. The van der Waals surface area contributed by atoms with Crippen molar-refractivity contribution in [1.29, 1.82) is 5.26 Å². The van der Waals surface area contributed by atoms with E-state index < -0.39 is 11.9 Å². The monoisotopic (exact) mass is 388 g/mol. The Labute approximate surface area is 161 Å². The third-order valence-corrected chi connectivity index (χ3v) is 4.66. The summed E-state index contributed by atoms with van der Waals surface area (Å²) in [6.45, 7) is 5.81. The number of nitrogens with one attached hydrogen (secondary N) is 1. The van der Waals surface area contributed by atoms with Crippen LogP contribution in [0.5, 0.6) is 11.5 Å². The maximum atomic E-state index is 12.2. The molecule has 0 aliphatic rings. The standard InChI is InChI=1S/C19H20N2O5S/c1-4-24-13-6-8-14(9-7-13)26-11-16(22)21-18-15(10-20)12(3)17(27-18)19(23)25-5-2/h6-9H,4-5,11H2,1-3H3,(H,21,22). The summed E-state index contributed by atoms with van der Waals surface area (Å²) in [5, 5.41) is 12.3. The molecule has 0 fully saturated rings. The van der Waals surface area contributed by atoms with E-state index in [1.165, 1.54) is 0 Å². The van der Waals surface area contributed by atoms with Gasteiger partial charge >= 0.3 is 5.97 Å². The minimum absolute atomic E-state index is 0.232. The molecular weight excluding hydrogens is 368 g/mol. The van der Waals surface area contributed by atoms with Crippen molar-refractivity contribution >= 4 is 28.2 Å². The lowest BCUT2D eigenvalue weighted by atomic mass is 10.2. The number of carbonyl (C=O) groups excluding carboxylic acids is 2. The van der Waals surface area contributed by atoms with Crippen LogP contribution in [0.3, 0.4) is 0 Å². The number of carbonyl (C=O) groups is 2. The molecule has 8 heteroatoms. The van der Waals surface area contributed by atoms with Crippen LogP contribution in [0, 0.1) is 18.3 Å². The van der Waals surface area contributed by atoms with Gasteiger partial charge in [-0.3, -0.25) is 4.79 Å². The van der Waals surface area contributed by atoms with Crippen molar-refractivity contribution in [1.82, 2.24) is 0 Å². The van der Waals surface area contributed by atoms with Crippen molar-refractivity contribution in [2.45, 2.75) is 20.8 Å². The van der Waals surface area contributed by atoms with E-state index in [4.69, 9.17) is 14.2 Å². The van der Waals surface area contributed by atoms with Crippen LogP contribution >= 0.6 is 11.3 Å². The number of hydrogen-bond donors (Lipinski definition) is 1. The first-order valence-corrected chi connectivity index (χ1v) is 9.17. The highest BCUT2D eigenvalue weighted by Gasteiger charge is 2.22. The molecule has 0 saturated carbocycles. The Kier molecular flexibility index (Phi) is 7.20. The Morgan fingerprint density at radius 2 is 1.74 bits per heavy atom. The van der Waals surface area contributed by atoms with Crippen molar-refractivity contribution in [3.8, 4) is 17.6 Å². The molecule has 0 spiro atoms. The maximum Gasteiger partial charge on any atom is 0.348 e. The van der Waals surface area contributed by atoms with E-state index in [0.29, 0.717) is 33.5 Å². The molecule has 1 amide bonds. The maximum absolute atomic E-state index is 12.2. The van der Waals surface area contributed by atoms with Crippen LogP contribution in [0.1, 0.15) is 34.6 Å². The van der Waals surface area contributed by atoms with Crippen molar-refractivity contribution in [2.24, 2.45) is 0 Å². The van der Waals surface area contributed by atoms with Gasteiger partial charge in [0.2, 0.25) is 0 Å². The number of nitrogens with zero attached hydrogens (tertiary/aromatic N) is 1. The summed E-state index contributed by atoms with van der Waals surface area (Å²) in [5.74, 6) is 0.289. The van der Waals surface area contributed by atoms with Gasteiger partial charge in [-0.15, -0.1) is 11.3 Å². The van der Waals surface area contributed by atoms with Crippen LogP contribution in [-0.4, -0.2) is 31.7 Å². The van der Waals surface area contributed by atoms with E-state index in [9.17, 15) is 14.9 Å². The normalized spacial score (nSPS) is 10.0. The van der Waals surface area contributed by atoms with Gasteiger partial charge < -0.3 is 19.5 Å². The lowest BCUT2D eigenvalue weighted by molar-refractivity contribution is -0.118. The molecule has 0 unspecified atom stereocenters. The lowest BCUT2D eigenvalue weighted by Crippen LogP contribution is -2.20. The first-order valence-electron chi connectivity index (χ1n) is 8.36. The van der Waals surface area contributed by atoms with E-state index in [0.717, 1.165) is 11.3 Å². The summed E-state index contributed by atoms with van der Waals surface area (Å²) in [6, 6.07) is 8.91. The predicted octanol–water partition coefficient (Wildman–Crippen LogP) is 3.52. The van der Waals surface area contributed by atoms with Gasteiger partial charge in [-0.25, -0.2) is 4.79 Å². The zero-order chi connectivity index (χ0) is 19.8. The number of ether oxygens (including phenoxy) is 3. The summed E-state index contributed by atoms with van der Waals surface area (Å²) in [6.07, 6.45) is 0. The molecule has 1 aromatic carbocycles. The Morgan fingerprint density at radius 3 is 2.30 bits per heavy atom. The van der Waals surface area contributed by atoms with Crippen LogP contribution in [0.25, 0.3) is 0 Å². The molecule has 1 N–H and O–H groups in total. The number of esters is 1. The van der Waals surface area contributed by atoms with Crippen LogP contribution < -0.4 is 14.8 Å². The van der Waals surface area contributed by atoms with Crippen molar-refractivity contribution < 1.29 is 23.8 Å². The van der Waals surface area contributed by atoms with Crippen LogP contribution in [0.2, 0.25) is 0 Å². The van der Waals surface area contributed by atoms with E-state index in [1.54, 1.807) is 38.1 Å². The number of hydrogen-bond acceptors (Lipinski definition) is 7. The minimum Gasteiger partial charge on any atom is -0.494 e. The second kappa shape index (κ2) is 9.59. The summed E-state index contributed by atoms with van der Waals surface area (Å²) in [7, 11) is 0.